The zero-order valence-electron chi connectivity index (χ0n) is 27.1. The van der Waals surface area contributed by atoms with E-state index in [1.807, 2.05) is 26.0 Å². The van der Waals surface area contributed by atoms with Gasteiger partial charge < -0.3 is 18.9 Å². The van der Waals surface area contributed by atoms with Crippen molar-refractivity contribution in [2.75, 3.05) is 38.1 Å². The molecule has 2 fully saturated rings. The number of Topliss-reactive ketones (excluding diaryl/α,β-unsaturated/α-hetero) is 1. The lowest BCUT2D eigenvalue weighted by Gasteiger charge is -2.38. The molecule has 6 unspecified atom stereocenters. The molecule has 0 saturated heterocycles. The first-order valence-electron chi connectivity index (χ1n) is 16.2. The van der Waals surface area contributed by atoms with Gasteiger partial charge in [-0.3, -0.25) is 15.4 Å². The van der Waals surface area contributed by atoms with Gasteiger partial charge in [-0.1, -0.05) is 24.3 Å². The van der Waals surface area contributed by atoms with Crippen LogP contribution in [0.4, 0.5) is 21.0 Å². The van der Waals surface area contributed by atoms with Gasteiger partial charge in [0.05, 0.1) is 27.4 Å². The van der Waals surface area contributed by atoms with Crippen molar-refractivity contribution in [3.05, 3.63) is 71.8 Å². The molecule has 2 aromatic carbocycles. The van der Waals surface area contributed by atoms with Crippen molar-refractivity contribution in [1.29, 1.82) is 0 Å². The fourth-order valence-corrected chi connectivity index (χ4v) is 8.43. The van der Waals surface area contributed by atoms with Crippen LogP contribution in [0.2, 0.25) is 0 Å². The van der Waals surface area contributed by atoms with Crippen molar-refractivity contribution in [2.45, 2.75) is 52.4 Å². The van der Waals surface area contributed by atoms with Crippen LogP contribution < -0.4 is 20.1 Å². The summed E-state index contributed by atoms with van der Waals surface area (Å²) in [5, 5.41) is 5.64. The predicted molar refractivity (Wildman–Crippen MR) is 175 cm³/mol. The van der Waals surface area contributed by atoms with Crippen LogP contribution >= 0.6 is 0 Å². The lowest BCUT2D eigenvalue weighted by Crippen LogP contribution is -2.39. The molecule has 0 aliphatic heterocycles. The van der Waals surface area contributed by atoms with Crippen LogP contribution in [0.15, 0.2) is 60.7 Å². The molecule has 2 saturated carbocycles. The highest BCUT2D eigenvalue weighted by Crippen LogP contribution is 2.57. The van der Waals surface area contributed by atoms with Gasteiger partial charge in [-0.15, -0.1) is 0 Å². The van der Waals surface area contributed by atoms with Gasteiger partial charge >= 0.3 is 12.2 Å². The van der Waals surface area contributed by atoms with Gasteiger partial charge in [0.2, 0.25) is 0 Å². The van der Waals surface area contributed by atoms with Gasteiger partial charge in [0.25, 0.3) is 0 Å². The maximum atomic E-state index is 14.0. The molecule has 2 N–H and O–H groups in total. The SMILES string of the molecule is COc1ccc(NC(=O)OCC2(CC(=O)CC3(COC(=O)Nc4ccc(OC)c(C)c4)CC4C=CC3C4)CC3C=CC2C3)cc1C. The number of nitrogens with one attached hydrogen (secondary N) is 2. The molecule has 2 amide bonds. The second kappa shape index (κ2) is 12.9. The summed E-state index contributed by atoms with van der Waals surface area (Å²) in [4.78, 5) is 39.8. The van der Waals surface area contributed by atoms with E-state index in [9.17, 15) is 14.4 Å². The molecule has 0 radical (unpaired) electrons. The quantitative estimate of drug-likeness (QED) is 0.232. The van der Waals surface area contributed by atoms with Crippen LogP contribution in [-0.2, 0) is 14.3 Å². The van der Waals surface area contributed by atoms with E-state index in [1.54, 1.807) is 38.5 Å². The minimum Gasteiger partial charge on any atom is -0.496 e. The first-order valence-corrected chi connectivity index (χ1v) is 16.2. The third-order valence-corrected chi connectivity index (χ3v) is 10.6. The molecule has 4 aliphatic rings. The number of aryl methyl sites for hydroxylation is 2. The van der Waals surface area contributed by atoms with Gasteiger partial charge in [-0.2, -0.15) is 0 Å². The molecule has 9 nitrogen and oxygen atoms in total. The highest BCUT2D eigenvalue weighted by Gasteiger charge is 2.53. The molecule has 244 valence electrons. The number of allylic oxidation sites excluding steroid dienone is 4. The molecule has 46 heavy (non-hydrogen) atoms. The van der Waals surface area contributed by atoms with Crippen LogP contribution in [0.25, 0.3) is 0 Å². The topological polar surface area (TPSA) is 112 Å². The number of benzene rings is 2. The Morgan fingerprint density at radius 3 is 1.46 bits per heavy atom. The van der Waals surface area contributed by atoms with Crippen molar-refractivity contribution >= 4 is 29.3 Å². The summed E-state index contributed by atoms with van der Waals surface area (Å²) in [6.45, 7) is 4.17. The Labute approximate surface area is 270 Å². The van der Waals surface area contributed by atoms with Crippen LogP contribution in [-0.4, -0.2) is 45.4 Å². The number of amides is 2. The average molecular weight is 629 g/mol. The molecule has 4 bridgehead atoms. The Morgan fingerprint density at radius 2 is 1.13 bits per heavy atom. The van der Waals surface area contributed by atoms with E-state index in [-0.39, 0.29) is 30.8 Å². The van der Waals surface area contributed by atoms with Crippen LogP contribution in [0.1, 0.15) is 49.7 Å². The number of rotatable bonds is 12. The Kier molecular flexibility index (Phi) is 8.86. The van der Waals surface area contributed by atoms with Crippen molar-refractivity contribution < 1.29 is 33.3 Å². The minimum absolute atomic E-state index is 0.131. The number of hydrogen-bond acceptors (Lipinski definition) is 7. The largest absolute Gasteiger partial charge is 0.496 e. The summed E-state index contributed by atoms with van der Waals surface area (Å²) in [5.41, 5.74) is 2.17. The van der Waals surface area contributed by atoms with Gasteiger partial charge in [0.1, 0.15) is 17.3 Å². The third kappa shape index (κ3) is 6.50. The molecule has 0 heterocycles. The van der Waals surface area contributed by atoms with E-state index in [4.69, 9.17) is 18.9 Å². The predicted octanol–water partition coefficient (Wildman–Crippen LogP) is 7.63. The Bertz CT molecular complexity index is 1450. The maximum Gasteiger partial charge on any atom is 0.411 e. The summed E-state index contributed by atoms with van der Waals surface area (Å²) in [7, 11) is 3.22. The summed E-state index contributed by atoms with van der Waals surface area (Å²) >= 11 is 0. The second-order valence-corrected chi connectivity index (χ2v) is 13.8. The van der Waals surface area contributed by atoms with Crippen LogP contribution in [0.3, 0.4) is 0 Å². The highest BCUT2D eigenvalue weighted by molar-refractivity contribution is 5.86. The standard InChI is InChI=1S/C37H44N2O7/c1-23-13-29(9-11-32(23)43-3)38-34(41)45-21-36(17-25-5-7-27(36)15-25)19-31(40)20-37(18-26-6-8-28(37)16-26)22-46-35(42)39-30-10-12-33(44-4)24(2)14-30/h5-14,25-28H,15-22H2,1-4H3,(H,38,41)(H,39,42). The molecular formula is C37H44N2O7. The van der Waals surface area contributed by atoms with E-state index in [1.165, 1.54) is 0 Å². The van der Waals surface area contributed by atoms with Crippen molar-refractivity contribution in [2.24, 2.45) is 34.5 Å². The zero-order valence-corrected chi connectivity index (χ0v) is 27.1. The lowest BCUT2D eigenvalue weighted by molar-refractivity contribution is -0.126. The number of ether oxygens (including phenoxy) is 4. The number of anilines is 2. The zero-order chi connectivity index (χ0) is 32.5. The maximum absolute atomic E-state index is 14.0. The van der Waals surface area contributed by atoms with Crippen LogP contribution in [0, 0.1) is 48.3 Å². The number of fused-ring (bicyclic) bond motifs is 4. The normalized spacial score (nSPS) is 28.3. The third-order valence-electron chi connectivity index (χ3n) is 10.6. The van der Waals surface area contributed by atoms with Crippen molar-refractivity contribution in [3.63, 3.8) is 0 Å². The number of methoxy groups -OCH3 is 2. The van der Waals surface area contributed by atoms with E-state index in [0.29, 0.717) is 36.1 Å². The smallest absolute Gasteiger partial charge is 0.411 e. The molecule has 9 heteroatoms. The second-order valence-electron chi connectivity index (χ2n) is 13.8. The molecule has 2 aromatic rings. The van der Waals surface area contributed by atoms with Crippen LogP contribution in [0.5, 0.6) is 11.5 Å². The summed E-state index contributed by atoms with van der Waals surface area (Å²) in [6.07, 6.45) is 12.0. The van der Waals surface area contributed by atoms with Crippen molar-refractivity contribution in [1.82, 2.24) is 0 Å². The van der Waals surface area contributed by atoms with Gasteiger partial charge in [0, 0.05) is 35.0 Å². The molecule has 6 atom stereocenters. The lowest BCUT2D eigenvalue weighted by atomic mass is 9.68. The van der Waals surface area contributed by atoms with Gasteiger partial charge in [-0.05, 0) is 111 Å². The summed E-state index contributed by atoms with van der Waals surface area (Å²) in [6, 6.07) is 10.8. The van der Waals surface area contributed by atoms with E-state index in [2.05, 4.69) is 34.9 Å². The Morgan fingerprint density at radius 1 is 0.696 bits per heavy atom. The van der Waals surface area contributed by atoms with Gasteiger partial charge in [-0.25, -0.2) is 9.59 Å². The highest BCUT2D eigenvalue weighted by atomic mass is 16.6. The van der Waals surface area contributed by atoms with Crippen molar-refractivity contribution in [3.8, 4) is 11.5 Å². The molecule has 6 rings (SSSR count). The average Bonchev–Trinajstić information content (AvgIpc) is 3.82. The van der Waals surface area contributed by atoms with E-state index < -0.39 is 23.0 Å². The number of hydrogen-bond donors (Lipinski definition) is 2. The molecular weight excluding hydrogens is 584 g/mol. The molecule has 0 aromatic heterocycles. The number of carbonyl (C=O) groups is 3. The first kappa shape index (κ1) is 31.7. The fourth-order valence-electron chi connectivity index (χ4n) is 8.43. The minimum atomic E-state index is -0.538. The summed E-state index contributed by atoms with van der Waals surface area (Å²) < 4.78 is 22.3. The Balaban J connectivity index is 1.10. The first-order chi connectivity index (χ1) is 22.1. The van der Waals surface area contributed by atoms with E-state index >= 15 is 0 Å². The molecule has 4 aliphatic carbocycles. The van der Waals surface area contributed by atoms with Gasteiger partial charge in [0.15, 0.2) is 0 Å². The van der Waals surface area contributed by atoms with E-state index in [0.717, 1.165) is 48.3 Å². The number of ketones is 1. The monoisotopic (exact) mass is 628 g/mol. The molecule has 0 spiro atoms. The number of carbonyl (C=O) groups excluding carboxylic acids is 3. The fraction of sp³-hybridized carbons (Fsp3) is 0.486. The Hall–Kier alpha value is -4.27. The summed E-state index contributed by atoms with van der Waals surface area (Å²) in [5.74, 6) is 2.76.